The molecule has 0 atom stereocenters. The molecule has 1 saturated carbocycles. The van der Waals surface area contributed by atoms with E-state index in [1.165, 1.54) is 6.07 Å². The molecule has 1 aliphatic carbocycles. The second-order valence-electron chi connectivity index (χ2n) is 7.78. The molecule has 1 amide bonds. The minimum Gasteiger partial charge on any atom is -0.465 e. The van der Waals surface area contributed by atoms with Crippen LogP contribution in [0.4, 0.5) is 38.4 Å². The molecule has 14 heteroatoms. The van der Waals surface area contributed by atoms with Crippen LogP contribution in [-0.4, -0.2) is 64.4 Å². The van der Waals surface area contributed by atoms with Gasteiger partial charge in [0.05, 0.1) is 13.2 Å². The van der Waals surface area contributed by atoms with Gasteiger partial charge in [-0.15, -0.1) is 11.3 Å². The number of rotatable bonds is 4. The van der Waals surface area contributed by atoms with Gasteiger partial charge < -0.3 is 14.7 Å². The maximum atomic E-state index is 13.6. The fraction of sp³-hybridized carbons (Fsp3) is 0.579. The maximum Gasteiger partial charge on any atom is 0.434 e. The molecule has 1 aliphatic heterocycles. The van der Waals surface area contributed by atoms with Gasteiger partial charge in [-0.3, -0.25) is 4.90 Å². The topological polar surface area (TPSA) is 91.7 Å². The summed E-state index contributed by atoms with van der Waals surface area (Å²) in [4.78, 5) is 26.9. The Labute approximate surface area is 189 Å². The summed E-state index contributed by atoms with van der Waals surface area (Å²) in [6.45, 7) is 1.66. The molecule has 0 spiro atoms. The molecule has 8 nitrogen and oxygen atoms in total. The number of amides is 1. The van der Waals surface area contributed by atoms with Crippen LogP contribution in [0.5, 0.6) is 0 Å². The van der Waals surface area contributed by atoms with Crippen LogP contribution in [0.2, 0.25) is 0 Å². The van der Waals surface area contributed by atoms with Crippen LogP contribution in [0.15, 0.2) is 11.4 Å². The minimum absolute atomic E-state index is 0.0685. The molecule has 180 valence electrons. The Hall–Kier alpha value is -2.61. The number of anilines is 2. The van der Waals surface area contributed by atoms with Crippen molar-refractivity contribution in [1.29, 1.82) is 0 Å². The number of carbonyl (C=O) groups is 1. The molecule has 0 bridgehead atoms. The van der Waals surface area contributed by atoms with Crippen LogP contribution < -0.4 is 9.80 Å². The molecule has 2 fully saturated rings. The van der Waals surface area contributed by atoms with E-state index in [1.807, 2.05) is 0 Å². The predicted octanol–water partition coefficient (Wildman–Crippen LogP) is 4.52. The first-order chi connectivity index (χ1) is 15.5. The Morgan fingerprint density at radius 3 is 2.42 bits per heavy atom. The Morgan fingerprint density at radius 1 is 1.18 bits per heavy atom. The number of nitrogens with zero attached hydrogens (tertiary/aromatic N) is 5. The average molecular weight is 493 g/mol. The monoisotopic (exact) mass is 493 g/mol. The molecule has 3 heterocycles. The maximum absolute atomic E-state index is 13.6. The number of aromatic nitrogens is 3. The van der Waals surface area contributed by atoms with Crippen molar-refractivity contribution in [1.82, 2.24) is 15.0 Å². The Morgan fingerprint density at radius 2 is 1.85 bits per heavy atom. The van der Waals surface area contributed by atoms with Crippen molar-refractivity contribution in [3.8, 4) is 10.8 Å². The summed E-state index contributed by atoms with van der Waals surface area (Å²) in [6.07, 6.45) is -7.10. The first kappa shape index (κ1) is 23.5. The summed E-state index contributed by atoms with van der Waals surface area (Å²) < 4.78 is 71.7. The highest BCUT2D eigenvalue weighted by atomic mass is 32.1. The van der Waals surface area contributed by atoms with Gasteiger partial charge in [0.15, 0.2) is 16.5 Å². The van der Waals surface area contributed by atoms with Gasteiger partial charge in [-0.1, -0.05) is 0 Å². The smallest absolute Gasteiger partial charge is 0.434 e. The Balaban J connectivity index is 1.75. The van der Waals surface area contributed by atoms with E-state index in [1.54, 1.807) is 4.90 Å². The van der Waals surface area contributed by atoms with Crippen LogP contribution in [0.3, 0.4) is 0 Å². The molecule has 33 heavy (non-hydrogen) atoms. The number of carboxylic acid groups (broad SMARTS) is 1. The van der Waals surface area contributed by atoms with E-state index in [9.17, 15) is 31.9 Å². The van der Waals surface area contributed by atoms with Crippen molar-refractivity contribution in [2.75, 3.05) is 36.1 Å². The zero-order chi connectivity index (χ0) is 23.8. The largest absolute Gasteiger partial charge is 0.465 e. The van der Waals surface area contributed by atoms with E-state index < -0.39 is 42.8 Å². The SMILES string of the molecule is O=C(O)N(c1cc(N2CCOCC2)nc(-c2nc(C(F)(F)F)cs2)n1)C1CCC(F)(F)CC1. The second-order valence-corrected chi connectivity index (χ2v) is 8.64. The number of ether oxygens (including phenoxy) is 1. The molecular formula is C19H20F5N5O3S. The van der Waals surface area contributed by atoms with Crippen molar-refractivity contribution in [3.05, 3.63) is 17.1 Å². The lowest BCUT2D eigenvalue weighted by atomic mass is 9.91. The van der Waals surface area contributed by atoms with E-state index in [0.29, 0.717) is 43.5 Å². The summed E-state index contributed by atoms with van der Waals surface area (Å²) in [6, 6.07) is 0.665. The molecule has 4 rings (SSSR count). The zero-order valence-electron chi connectivity index (χ0n) is 17.2. The lowest BCUT2D eigenvalue weighted by molar-refractivity contribution is -0.140. The number of hydrogen-bond acceptors (Lipinski definition) is 7. The highest BCUT2D eigenvalue weighted by Gasteiger charge is 2.40. The molecule has 2 aromatic rings. The van der Waals surface area contributed by atoms with Crippen molar-refractivity contribution in [3.63, 3.8) is 0 Å². The fourth-order valence-electron chi connectivity index (χ4n) is 3.83. The van der Waals surface area contributed by atoms with E-state index >= 15 is 0 Å². The van der Waals surface area contributed by atoms with Crippen LogP contribution in [0.25, 0.3) is 10.8 Å². The summed E-state index contributed by atoms with van der Waals surface area (Å²) in [5, 5.41) is 10.6. The van der Waals surface area contributed by atoms with Gasteiger partial charge in [0, 0.05) is 43.4 Å². The third-order valence-corrected chi connectivity index (χ3v) is 6.36. The van der Waals surface area contributed by atoms with Gasteiger partial charge in [-0.25, -0.2) is 28.5 Å². The molecule has 2 aliphatic rings. The normalized spacial score (nSPS) is 19.5. The van der Waals surface area contributed by atoms with Crippen LogP contribution in [-0.2, 0) is 10.9 Å². The van der Waals surface area contributed by atoms with Gasteiger partial charge in [-0.05, 0) is 12.8 Å². The van der Waals surface area contributed by atoms with Gasteiger partial charge >= 0.3 is 12.3 Å². The first-order valence-corrected chi connectivity index (χ1v) is 11.1. The molecule has 1 N–H and O–H groups in total. The number of morpholine rings is 1. The summed E-state index contributed by atoms with van der Waals surface area (Å²) in [5.41, 5.74) is -1.10. The fourth-order valence-corrected chi connectivity index (χ4v) is 4.58. The minimum atomic E-state index is -4.65. The number of thiazole rings is 1. The van der Waals surface area contributed by atoms with Crippen molar-refractivity contribution < 1.29 is 36.6 Å². The van der Waals surface area contributed by atoms with Crippen LogP contribution in [0, 0.1) is 0 Å². The highest BCUT2D eigenvalue weighted by Crippen LogP contribution is 2.38. The van der Waals surface area contributed by atoms with E-state index in [-0.39, 0.29) is 29.5 Å². The Bertz CT molecular complexity index is 1000. The van der Waals surface area contributed by atoms with E-state index in [0.717, 1.165) is 10.3 Å². The van der Waals surface area contributed by atoms with Crippen molar-refractivity contribution >= 4 is 29.1 Å². The standard InChI is InChI=1S/C19H20F5N5O3S/c20-18(21)3-1-11(2-4-18)29(17(30)31)14-9-13(28-5-7-32-8-6-28)26-15(27-14)16-25-12(10-33-16)19(22,23)24/h9-11H,1-8H2,(H,30,31). The second kappa shape index (κ2) is 8.97. The third kappa shape index (κ3) is 5.32. The highest BCUT2D eigenvalue weighted by molar-refractivity contribution is 7.13. The van der Waals surface area contributed by atoms with Gasteiger partial charge in [-0.2, -0.15) is 13.2 Å². The van der Waals surface area contributed by atoms with Crippen LogP contribution >= 0.6 is 11.3 Å². The first-order valence-electron chi connectivity index (χ1n) is 10.2. The lowest BCUT2D eigenvalue weighted by Gasteiger charge is -2.35. The molecule has 0 radical (unpaired) electrons. The quantitative estimate of drug-likeness (QED) is 0.627. The summed E-state index contributed by atoms with van der Waals surface area (Å²) >= 11 is 0.685. The number of hydrogen-bond donors (Lipinski definition) is 1. The van der Waals surface area contributed by atoms with Gasteiger partial charge in [0.2, 0.25) is 5.92 Å². The van der Waals surface area contributed by atoms with E-state index in [4.69, 9.17) is 4.74 Å². The number of halogens is 5. The molecule has 0 unspecified atom stereocenters. The molecule has 0 aromatic carbocycles. The predicted molar refractivity (Wildman–Crippen MR) is 109 cm³/mol. The number of alkyl halides is 5. The molecular weight excluding hydrogens is 473 g/mol. The Kier molecular flexibility index (Phi) is 6.40. The van der Waals surface area contributed by atoms with Crippen molar-refractivity contribution in [2.24, 2.45) is 0 Å². The lowest BCUT2D eigenvalue weighted by Crippen LogP contribution is -2.44. The van der Waals surface area contributed by atoms with E-state index in [2.05, 4.69) is 15.0 Å². The summed E-state index contributed by atoms with van der Waals surface area (Å²) in [5.74, 6) is -2.81. The zero-order valence-corrected chi connectivity index (χ0v) is 18.0. The summed E-state index contributed by atoms with van der Waals surface area (Å²) in [7, 11) is 0. The molecule has 1 saturated heterocycles. The van der Waals surface area contributed by atoms with Crippen molar-refractivity contribution in [2.45, 2.75) is 43.8 Å². The van der Waals surface area contributed by atoms with Crippen LogP contribution in [0.1, 0.15) is 31.4 Å². The molecule has 2 aromatic heterocycles. The van der Waals surface area contributed by atoms with Gasteiger partial charge in [0.1, 0.15) is 11.6 Å². The van der Waals surface area contributed by atoms with Gasteiger partial charge in [0.25, 0.3) is 0 Å². The average Bonchev–Trinajstić information content (AvgIpc) is 3.26. The third-order valence-electron chi connectivity index (χ3n) is 5.52.